The Morgan fingerprint density at radius 1 is 1.12 bits per heavy atom. The Labute approximate surface area is 138 Å². The second-order valence-corrected chi connectivity index (χ2v) is 5.79. The van der Waals surface area contributed by atoms with Crippen LogP contribution in [0.15, 0.2) is 48.5 Å². The van der Waals surface area contributed by atoms with Gasteiger partial charge >= 0.3 is 0 Å². The molecule has 0 saturated heterocycles. The van der Waals surface area contributed by atoms with Crippen LogP contribution in [0.2, 0.25) is 0 Å². The summed E-state index contributed by atoms with van der Waals surface area (Å²) < 4.78 is 0. The number of hydrogen-bond acceptors (Lipinski definition) is 3. The lowest BCUT2D eigenvalue weighted by molar-refractivity contribution is -0.121. The molecule has 0 unspecified atom stereocenters. The Bertz CT molecular complexity index is 898. The average molecular weight is 320 g/mol. The van der Waals surface area contributed by atoms with E-state index in [9.17, 15) is 9.59 Å². The van der Waals surface area contributed by atoms with Crippen LogP contribution in [-0.2, 0) is 11.3 Å². The highest BCUT2D eigenvalue weighted by molar-refractivity contribution is 5.99. The zero-order valence-corrected chi connectivity index (χ0v) is 12.9. The molecule has 1 atom stereocenters. The first-order valence-electron chi connectivity index (χ1n) is 7.81. The smallest absolute Gasteiger partial charge is 0.252 e. The number of fused-ring (bicyclic) bond motifs is 2. The van der Waals surface area contributed by atoms with E-state index >= 15 is 0 Å². The normalized spacial score (nSPS) is 16.0. The molecule has 1 aliphatic rings. The maximum absolute atomic E-state index is 12.2. The second-order valence-electron chi connectivity index (χ2n) is 5.79. The van der Waals surface area contributed by atoms with Crippen molar-refractivity contribution in [2.24, 2.45) is 0 Å². The number of amides is 2. The van der Waals surface area contributed by atoms with Crippen molar-refractivity contribution in [1.29, 1.82) is 0 Å². The molecule has 3 aromatic rings. The minimum absolute atomic E-state index is 0.124. The van der Waals surface area contributed by atoms with Gasteiger partial charge in [0.05, 0.1) is 30.0 Å². The molecular formula is C18H16N4O2. The molecule has 3 N–H and O–H groups in total. The summed E-state index contributed by atoms with van der Waals surface area (Å²) in [6, 6.07) is 14.8. The van der Waals surface area contributed by atoms with Crippen molar-refractivity contribution in [3.63, 3.8) is 0 Å². The van der Waals surface area contributed by atoms with Gasteiger partial charge in [-0.15, -0.1) is 0 Å². The van der Waals surface area contributed by atoms with Gasteiger partial charge in [-0.05, 0) is 23.8 Å². The third-order valence-electron chi connectivity index (χ3n) is 4.17. The fourth-order valence-corrected chi connectivity index (χ4v) is 3.01. The lowest BCUT2D eigenvalue weighted by Gasteiger charge is -2.11. The number of carbonyl (C=O) groups is 2. The highest BCUT2D eigenvalue weighted by atomic mass is 16.2. The molecule has 0 radical (unpaired) electrons. The summed E-state index contributed by atoms with van der Waals surface area (Å²) in [7, 11) is 0. The average Bonchev–Trinajstić information content (AvgIpc) is 3.15. The first-order valence-corrected chi connectivity index (χ1v) is 7.81. The van der Waals surface area contributed by atoms with Crippen molar-refractivity contribution in [3.8, 4) is 0 Å². The Morgan fingerprint density at radius 3 is 2.79 bits per heavy atom. The van der Waals surface area contributed by atoms with Gasteiger partial charge in [0.15, 0.2) is 0 Å². The number of rotatable bonds is 4. The van der Waals surface area contributed by atoms with Gasteiger partial charge in [0.25, 0.3) is 5.91 Å². The highest BCUT2D eigenvalue weighted by Gasteiger charge is 2.29. The van der Waals surface area contributed by atoms with E-state index in [4.69, 9.17) is 0 Å². The number of para-hydroxylation sites is 2. The van der Waals surface area contributed by atoms with E-state index in [0.29, 0.717) is 17.9 Å². The van der Waals surface area contributed by atoms with Crippen LogP contribution in [0.3, 0.4) is 0 Å². The summed E-state index contributed by atoms with van der Waals surface area (Å²) in [5, 5.41) is 5.70. The topological polar surface area (TPSA) is 86.9 Å². The molecule has 1 aromatic heterocycles. The molecule has 0 saturated carbocycles. The summed E-state index contributed by atoms with van der Waals surface area (Å²) in [5.41, 5.74) is 3.34. The minimum atomic E-state index is -0.274. The number of carbonyl (C=O) groups excluding carboxylic acids is 2. The van der Waals surface area contributed by atoms with Crippen LogP contribution in [0.1, 0.15) is 34.2 Å². The van der Waals surface area contributed by atoms with Crippen LogP contribution in [-0.4, -0.2) is 21.8 Å². The molecule has 2 aromatic carbocycles. The third-order valence-corrected chi connectivity index (χ3v) is 4.17. The lowest BCUT2D eigenvalue weighted by Crippen LogP contribution is -2.29. The van der Waals surface area contributed by atoms with Gasteiger partial charge in [-0.2, -0.15) is 0 Å². The predicted molar refractivity (Wildman–Crippen MR) is 89.2 cm³/mol. The third kappa shape index (κ3) is 2.62. The number of aromatic amines is 1. The number of nitrogens with zero attached hydrogens (tertiary/aromatic N) is 1. The van der Waals surface area contributed by atoms with Crippen molar-refractivity contribution < 1.29 is 9.59 Å². The molecular weight excluding hydrogens is 304 g/mol. The zero-order valence-electron chi connectivity index (χ0n) is 12.9. The molecule has 6 nitrogen and oxygen atoms in total. The Morgan fingerprint density at radius 2 is 1.92 bits per heavy atom. The fraction of sp³-hybridized carbons (Fsp3) is 0.167. The largest absolute Gasteiger partial charge is 0.349 e. The van der Waals surface area contributed by atoms with Crippen molar-refractivity contribution >= 4 is 22.8 Å². The van der Waals surface area contributed by atoms with Gasteiger partial charge < -0.3 is 15.6 Å². The summed E-state index contributed by atoms with van der Waals surface area (Å²) in [6.45, 7) is 0.329. The Kier molecular flexibility index (Phi) is 3.49. The van der Waals surface area contributed by atoms with Crippen molar-refractivity contribution in [2.75, 3.05) is 0 Å². The van der Waals surface area contributed by atoms with Crippen LogP contribution in [0, 0.1) is 0 Å². The lowest BCUT2D eigenvalue weighted by atomic mass is 10.0. The maximum Gasteiger partial charge on any atom is 0.252 e. The van der Waals surface area contributed by atoms with E-state index in [1.807, 2.05) is 42.5 Å². The van der Waals surface area contributed by atoms with Crippen molar-refractivity contribution in [1.82, 2.24) is 20.6 Å². The van der Waals surface area contributed by atoms with E-state index in [1.54, 1.807) is 6.07 Å². The monoisotopic (exact) mass is 320 g/mol. The van der Waals surface area contributed by atoms with Gasteiger partial charge in [-0.25, -0.2) is 4.98 Å². The number of hydrogen-bond donors (Lipinski definition) is 3. The van der Waals surface area contributed by atoms with Crippen LogP contribution in [0.5, 0.6) is 0 Å². The van der Waals surface area contributed by atoms with Crippen LogP contribution in [0.4, 0.5) is 0 Å². The van der Waals surface area contributed by atoms with E-state index in [2.05, 4.69) is 20.6 Å². The summed E-state index contributed by atoms with van der Waals surface area (Å²) in [6.07, 6.45) is 0.211. The highest BCUT2D eigenvalue weighted by Crippen LogP contribution is 2.27. The van der Waals surface area contributed by atoms with E-state index in [-0.39, 0.29) is 24.3 Å². The first kappa shape index (κ1) is 14.4. The van der Waals surface area contributed by atoms with Gasteiger partial charge in [0.1, 0.15) is 5.82 Å². The van der Waals surface area contributed by atoms with Crippen molar-refractivity contribution in [3.05, 3.63) is 65.5 Å². The van der Waals surface area contributed by atoms with Gasteiger partial charge in [0.2, 0.25) is 5.91 Å². The molecule has 4 rings (SSSR count). The Balaban J connectivity index is 1.40. The van der Waals surface area contributed by atoms with Crippen LogP contribution >= 0.6 is 0 Å². The maximum atomic E-state index is 12.2. The van der Waals surface area contributed by atoms with Crippen LogP contribution < -0.4 is 10.6 Å². The molecule has 0 spiro atoms. The number of H-pyrrole nitrogens is 1. The molecule has 0 fully saturated rings. The second kappa shape index (κ2) is 5.81. The molecule has 1 aliphatic heterocycles. The summed E-state index contributed by atoms with van der Waals surface area (Å²) >= 11 is 0. The van der Waals surface area contributed by atoms with Crippen LogP contribution in [0.25, 0.3) is 11.0 Å². The first-order chi connectivity index (χ1) is 11.7. The number of aromatic nitrogens is 2. The molecule has 0 bridgehead atoms. The van der Waals surface area contributed by atoms with E-state index < -0.39 is 0 Å². The molecule has 0 aliphatic carbocycles. The zero-order chi connectivity index (χ0) is 16.5. The SMILES string of the molecule is O=C(C[C@@H]1NC(=O)c2ccccc21)NCc1nc2ccccc2[nH]1. The Hall–Kier alpha value is -3.15. The number of nitrogens with one attached hydrogen (secondary N) is 3. The van der Waals surface area contributed by atoms with E-state index in [0.717, 1.165) is 16.6 Å². The van der Waals surface area contributed by atoms with E-state index in [1.165, 1.54) is 0 Å². The fourth-order valence-electron chi connectivity index (χ4n) is 3.01. The standard InChI is InChI=1S/C18H16N4O2/c23-17(9-15-11-5-1-2-6-12(11)18(24)22-15)19-10-16-20-13-7-3-4-8-14(13)21-16/h1-8,15H,9-10H2,(H,19,23)(H,20,21)(H,22,24)/t15-/m0/s1. The van der Waals surface area contributed by atoms with Gasteiger partial charge in [-0.1, -0.05) is 30.3 Å². The van der Waals surface area contributed by atoms with Gasteiger partial charge in [0, 0.05) is 5.56 Å². The molecule has 24 heavy (non-hydrogen) atoms. The van der Waals surface area contributed by atoms with Gasteiger partial charge in [-0.3, -0.25) is 9.59 Å². The van der Waals surface area contributed by atoms with Crippen molar-refractivity contribution in [2.45, 2.75) is 19.0 Å². The number of benzene rings is 2. The molecule has 2 heterocycles. The summed E-state index contributed by atoms with van der Waals surface area (Å²) in [5.74, 6) is 0.457. The minimum Gasteiger partial charge on any atom is -0.349 e. The molecule has 120 valence electrons. The predicted octanol–water partition coefficient (Wildman–Crippen LogP) is 2.05. The molecule has 6 heteroatoms. The quantitative estimate of drug-likeness (QED) is 0.687. The summed E-state index contributed by atoms with van der Waals surface area (Å²) in [4.78, 5) is 31.7. The number of imidazole rings is 1. The molecule has 2 amide bonds.